The third-order valence-corrected chi connectivity index (χ3v) is 3.56. The van der Waals surface area contributed by atoms with Crippen molar-refractivity contribution in [2.24, 2.45) is 0 Å². The van der Waals surface area contributed by atoms with Crippen LogP contribution >= 0.6 is 23.2 Å². The molecule has 2 aromatic carbocycles. The molecule has 0 aliphatic carbocycles. The first-order valence-corrected chi connectivity index (χ1v) is 6.18. The molecule has 0 unspecified atom stereocenters. The molecule has 0 aliphatic rings. The molecular weight excluding hydrogens is 296 g/mol. The van der Waals surface area contributed by atoms with E-state index in [1.54, 1.807) is 30.3 Å². The summed E-state index contributed by atoms with van der Waals surface area (Å²) < 4.78 is 36.5. The van der Waals surface area contributed by atoms with Crippen LogP contribution in [0.1, 0.15) is 16.7 Å². The van der Waals surface area contributed by atoms with Crippen LogP contribution in [0.15, 0.2) is 54.6 Å². The summed E-state index contributed by atoms with van der Waals surface area (Å²) in [5.74, 6) is 0. The van der Waals surface area contributed by atoms with Crippen LogP contribution in [-0.4, -0.2) is 0 Å². The Labute approximate surface area is 118 Å². The van der Waals surface area contributed by atoms with Gasteiger partial charge >= 0.3 is 6.18 Å². The van der Waals surface area contributed by atoms with Gasteiger partial charge in [-0.1, -0.05) is 65.7 Å². The highest BCUT2D eigenvalue weighted by atomic mass is 35.5. The predicted molar refractivity (Wildman–Crippen MR) is 70.4 cm³/mol. The molecule has 0 saturated heterocycles. The molecule has 0 aromatic heterocycles. The van der Waals surface area contributed by atoms with E-state index < -0.39 is 16.1 Å². The van der Waals surface area contributed by atoms with Crippen molar-refractivity contribution in [1.29, 1.82) is 0 Å². The molecule has 0 atom stereocenters. The Morgan fingerprint density at radius 1 is 0.684 bits per heavy atom. The van der Waals surface area contributed by atoms with Crippen molar-refractivity contribution in [2.45, 2.75) is 10.5 Å². The maximum absolute atomic E-state index is 12.7. The molecule has 0 radical (unpaired) electrons. The second kappa shape index (κ2) is 5.06. The van der Waals surface area contributed by atoms with Gasteiger partial charge in [-0.25, -0.2) is 0 Å². The third-order valence-electron chi connectivity index (χ3n) is 2.69. The SMILES string of the molecule is FC(F)(F)c1cccc(C(Cl)(Cl)c2ccccc2)c1. The number of hydrogen-bond donors (Lipinski definition) is 0. The van der Waals surface area contributed by atoms with Crippen molar-refractivity contribution in [2.75, 3.05) is 0 Å². The minimum absolute atomic E-state index is 0.192. The van der Waals surface area contributed by atoms with Crippen LogP contribution in [0, 0.1) is 0 Å². The zero-order chi connectivity index (χ0) is 14.1. The van der Waals surface area contributed by atoms with Gasteiger partial charge in [-0.3, -0.25) is 0 Å². The van der Waals surface area contributed by atoms with Gasteiger partial charge in [-0.2, -0.15) is 13.2 Å². The smallest absolute Gasteiger partial charge is 0.166 e. The van der Waals surface area contributed by atoms with E-state index in [9.17, 15) is 13.2 Å². The summed E-state index contributed by atoms with van der Waals surface area (Å²) in [7, 11) is 0. The fourth-order valence-electron chi connectivity index (χ4n) is 1.70. The summed E-state index contributed by atoms with van der Waals surface area (Å²) in [4.78, 5) is 0. The zero-order valence-electron chi connectivity index (χ0n) is 9.59. The molecule has 0 nitrogen and oxygen atoms in total. The van der Waals surface area contributed by atoms with Crippen LogP contribution in [0.4, 0.5) is 13.2 Å². The summed E-state index contributed by atoms with van der Waals surface area (Å²) in [6.45, 7) is 0. The maximum atomic E-state index is 12.7. The molecule has 0 spiro atoms. The van der Waals surface area contributed by atoms with Crippen molar-refractivity contribution in [3.05, 3.63) is 71.3 Å². The minimum Gasteiger partial charge on any atom is -0.166 e. The van der Waals surface area contributed by atoms with Gasteiger partial charge in [0.05, 0.1) is 5.56 Å². The summed E-state index contributed by atoms with van der Waals surface area (Å²) in [5.41, 5.74) is -0.0545. The first-order chi connectivity index (χ1) is 8.82. The summed E-state index contributed by atoms with van der Waals surface area (Å²) in [5, 5.41) is 0. The van der Waals surface area contributed by atoms with Crippen LogP contribution < -0.4 is 0 Å². The molecule has 2 aromatic rings. The van der Waals surface area contributed by atoms with Crippen LogP contribution in [0.2, 0.25) is 0 Å². The normalized spacial score (nSPS) is 12.5. The summed E-state index contributed by atoms with van der Waals surface area (Å²) >= 11 is 12.4. The fourth-order valence-corrected chi connectivity index (χ4v) is 2.19. The number of halogens is 5. The van der Waals surface area contributed by atoms with Crippen LogP contribution in [0.3, 0.4) is 0 Å². The van der Waals surface area contributed by atoms with Crippen LogP contribution in [0.5, 0.6) is 0 Å². The quantitative estimate of drug-likeness (QED) is 0.653. The predicted octanol–water partition coefficient (Wildman–Crippen LogP) is 5.38. The van der Waals surface area contributed by atoms with Crippen molar-refractivity contribution in [1.82, 2.24) is 0 Å². The molecule has 0 N–H and O–H groups in total. The lowest BCUT2D eigenvalue weighted by molar-refractivity contribution is -0.137. The lowest BCUT2D eigenvalue weighted by atomic mass is 10.0. The second-order valence-corrected chi connectivity index (χ2v) is 5.35. The van der Waals surface area contributed by atoms with E-state index in [1.807, 2.05) is 0 Å². The molecule has 0 saturated carbocycles. The van der Waals surface area contributed by atoms with E-state index in [4.69, 9.17) is 23.2 Å². The molecule has 19 heavy (non-hydrogen) atoms. The largest absolute Gasteiger partial charge is 0.416 e. The highest BCUT2D eigenvalue weighted by Gasteiger charge is 2.34. The fraction of sp³-hybridized carbons (Fsp3) is 0.143. The highest BCUT2D eigenvalue weighted by Crippen LogP contribution is 2.42. The second-order valence-electron chi connectivity index (χ2n) is 4.02. The Morgan fingerprint density at radius 3 is 1.79 bits per heavy atom. The first kappa shape index (κ1) is 14.2. The van der Waals surface area contributed by atoms with Crippen molar-refractivity contribution in [3.63, 3.8) is 0 Å². The van der Waals surface area contributed by atoms with Crippen molar-refractivity contribution in [3.8, 4) is 0 Å². The molecule has 100 valence electrons. The van der Waals surface area contributed by atoms with E-state index >= 15 is 0 Å². The van der Waals surface area contributed by atoms with E-state index in [0.29, 0.717) is 5.56 Å². The van der Waals surface area contributed by atoms with Gasteiger partial charge in [-0.05, 0) is 23.3 Å². The lowest BCUT2D eigenvalue weighted by Gasteiger charge is -2.21. The first-order valence-electron chi connectivity index (χ1n) is 5.43. The summed E-state index contributed by atoms with van der Waals surface area (Å²) in [6.07, 6.45) is -4.42. The average molecular weight is 305 g/mol. The Hall–Kier alpha value is -1.19. The number of rotatable bonds is 2. The molecule has 0 amide bonds. The summed E-state index contributed by atoms with van der Waals surface area (Å²) in [6, 6.07) is 13.3. The third kappa shape index (κ3) is 3.04. The topological polar surface area (TPSA) is 0 Å². The van der Waals surface area contributed by atoms with Gasteiger partial charge in [0, 0.05) is 0 Å². The molecule has 0 fully saturated rings. The van der Waals surface area contributed by atoms with E-state index in [-0.39, 0.29) is 5.56 Å². The van der Waals surface area contributed by atoms with Gasteiger partial charge in [0.2, 0.25) is 0 Å². The maximum Gasteiger partial charge on any atom is 0.416 e. The van der Waals surface area contributed by atoms with E-state index in [1.165, 1.54) is 12.1 Å². The Morgan fingerprint density at radius 2 is 1.21 bits per heavy atom. The standard InChI is InChI=1S/C14H9Cl2F3/c15-13(16,10-5-2-1-3-6-10)11-7-4-8-12(9-11)14(17,18)19/h1-9H. The Kier molecular flexibility index (Phi) is 3.79. The Bertz CT molecular complexity index is 562. The number of hydrogen-bond acceptors (Lipinski definition) is 0. The lowest BCUT2D eigenvalue weighted by Crippen LogP contribution is -2.14. The minimum atomic E-state index is -4.42. The van der Waals surface area contributed by atoms with Crippen LogP contribution in [-0.2, 0) is 10.5 Å². The van der Waals surface area contributed by atoms with E-state index in [2.05, 4.69) is 0 Å². The van der Waals surface area contributed by atoms with Gasteiger partial charge < -0.3 is 0 Å². The molecule has 0 bridgehead atoms. The number of benzene rings is 2. The monoisotopic (exact) mass is 304 g/mol. The van der Waals surface area contributed by atoms with Gasteiger partial charge in [0.25, 0.3) is 0 Å². The van der Waals surface area contributed by atoms with Gasteiger partial charge in [0.1, 0.15) is 0 Å². The van der Waals surface area contributed by atoms with Crippen molar-refractivity contribution < 1.29 is 13.2 Å². The molecule has 0 heterocycles. The number of alkyl halides is 5. The Balaban J connectivity index is 2.47. The molecular formula is C14H9Cl2F3. The van der Waals surface area contributed by atoms with Crippen LogP contribution in [0.25, 0.3) is 0 Å². The molecule has 0 aliphatic heterocycles. The molecule has 5 heteroatoms. The average Bonchev–Trinajstić information content (AvgIpc) is 2.39. The van der Waals surface area contributed by atoms with Gasteiger partial charge in [0.15, 0.2) is 4.33 Å². The highest BCUT2D eigenvalue weighted by molar-refractivity contribution is 6.50. The zero-order valence-corrected chi connectivity index (χ0v) is 11.1. The van der Waals surface area contributed by atoms with Gasteiger partial charge in [-0.15, -0.1) is 0 Å². The molecule has 2 rings (SSSR count). The van der Waals surface area contributed by atoms with E-state index in [0.717, 1.165) is 12.1 Å². The van der Waals surface area contributed by atoms with Crippen molar-refractivity contribution >= 4 is 23.2 Å².